The molecule has 170 valence electrons. The number of hydrogen-bond donors (Lipinski definition) is 2. The van der Waals surface area contributed by atoms with Crippen LogP contribution in [0.15, 0.2) is 35.3 Å². The van der Waals surface area contributed by atoms with Crippen LogP contribution in [0.5, 0.6) is 0 Å². The van der Waals surface area contributed by atoms with Gasteiger partial charge < -0.3 is 15.3 Å². The Hall–Kier alpha value is -3.37. The summed E-state index contributed by atoms with van der Waals surface area (Å²) in [6.07, 6.45) is 0.582. The van der Waals surface area contributed by atoms with Gasteiger partial charge in [-0.3, -0.25) is 9.36 Å². The number of halogens is 3. The van der Waals surface area contributed by atoms with E-state index in [4.69, 9.17) is 0 Å². The van der Waals surface area contributed by atoms with Gasteiger partial charge in [-0.1, -0.05) is 0 Å². The molecule has 0 radical (unpaired) electrons. The Morgan fingerprint density at radius 2 is 2.06 bits per heavy atom. The number of nitrogens with zero attached hydrogens (tertiary/aromatic N) is 4. The minimum absolute atomic E-state index is 0.0547. The molecule has 0 spiro atoms. The molecule has 1 saturated heterocycles. The van der Waals surface area contributed by atoms with Crippen LogP contribution in [-0.4, -0.2) is 56.8 Å². The number of fused-ring (bicyclic) bond motifs is 1. The Kier molecular flexibility index (Phi) is 5.66. The molecular weight excluding hydrogens is 427 g/mol. The summed E-state index contributed by atoms with van der Waals surface area (Å²) in [6.45, 7) is 1.59. The lowest BCUT2D eigenvalue weighted by Gasteiger charge is -2.33. The molecule has 0 aromatic carbocycles. The molecule has 2 aromatic heterocycles. The van der Waals surface area contributed by atoms with E-state index in [1.54, 1.807) is 17.9 Å². The lowest BCUT2D eigenvalue weighted by atomic mass is 10.0. The molecule has 8 nitrogen and oxygen atoms in total. The molecule has 2 aliphatic rings. The second-order valence-electron chi connectivity index (χ2n) is 7.94. The maximum Gasteiger partial charge on any atom is 0.356 e. The first-order chi connectivity index (χ1) is 15.1. The van der Waals surface area contributed by atoms with Crippen LogP contribution >= 0.6 is 0 Å². The van der Waals surface area contributed by atoms with E-state index >= 15 is 0 Å². The Bertz CT molecular complexity index is 1120. The van der Waals surface area contributed by atoms with E-state index in [0.717, 1.165) is 0 Å². The molecule has 11 heteroatoms. The average molecular weight is 449 g/mol. The monoisotopic (exact) mass is 449 g/mol. The Morgan fingerprint density at radius 1 is 1.34 bits per heavy atom. The summed E-state index contributed by atoms with van der Waals surface area (Å²) in [4.78, 5) is 34.1. The minimum Gasteiger partial charge on any atom is -0.476 e. The van der Waals surface area contributed by atoms with E-state index in [0.29, 0.717) is 5.57 Å². The molecule has 0 amide bonds. The van der Waals surface area contributed by atoms with Crippen molar-refractivity contribution in [3.63, 3.8) is 0 Å². The maximum atomic E-state index is 14.4. The maximum absolute atomic E-state index is 14.4. The van der Waals surface area contributed by atoms with Gasteiger partial charge in [0.25, 0.3) is 11.5 Å². The Morgan fingerprint density at radius 3 is 2.75 bits per heavy atom. The summed E-state index contributed by atoms with van der Waals surface area (Å²) >= 11 is 0. The molecular formula is C21H22F3N5O3. The zero-order chi connectivity index (χ0) is 23.0. The van der Waals surface area contributed by atoms with E-state index in [9.17, 15) is 27.9 Å². The normalized spacial score (nSPS) is 20.8. The molecule has 1 fully saturated rings. The molecule has 4 rings (SSSR count). The summed E-state index contributed by atoms with van der Waals surface area (Å²) < 4.78 is 42.7. The third kappa shape index (κ3) is 4.32. The van der Waals surface area contributed by atoms with E-state index in [-0.39, 0.29) is 55.5 Å². The molecule has 0 bridgehead atoms. The smallest absolute Gasteiger partial charge is 0.356 e. The van der Waals surface area contributed by atoms with Gasteiger partial charge in [-0.2, -0.15) is 0 Å². The van der Waals surface area contributed by atoms with Crippen molar-refractivity contribution in [2.75, 3.05) is 23.3 Å². The van der Waals surface area contributed by atoms with E-state index in [1.807, 2.05) is 0 Å². The number of carbonyl (C=O) groups is 1. The number of aromatic carboxylic acids is 1. The number of rotatable bonds is 5. The van der Waals surface area contributed by atoms with Crippen molar-refractivity contribution in [2.45, 2.75) is 44.4 Å². The van der Waals surface area contributed by atoms with Crippen LogP contribution in [-0.2, 0) is 6.54 Å². The third-order valence-corrected chi connectivity index (χ3v) is 5.64. The topological polar surface area (TPSA) is 100 Å². The molecule has 2 aliphatic heterocycles. The molecule has 2 N–H and O–H groups in total. The van der Waals surface area contributed by atoms with Crippen LogP contribution in [0.3, 0.4) is 0 Å². The highest BCUT2D eigenvalue weighted by Crippen LogP contribution is 2.31. The number of nitrogens with one attached hydrogen (secondary N) is 1. The fraction of sp³-hybridized carbons (Fsp3) is 0.429. The number of alkyl halides is 3. The zero-order valence-electron chi connectivity index (χ0n) is 17.3. The van der Waals surface area contributed by atoms with E-state index in [1.165, 1.54) is 29.0 Å². The van der Waals surface area contributed by atoms with Crippen molar-refractivity contribution >= 4 is 23.0 Å². The SMILES string of the molecule is CC(Nc1cccnc1C(=O)O)C1=CC(F)Cn2c1nc(N1CCC(F)(F)CC1)cc2=O. The second kappa shape index (κ2) is 8.29. The predicted octanol–water partition coefficient (Wildman–Crippen LogP) is 2.81. The zero-order valence-corrected chi connectivity index (χ0v) is 17.3. The van der Waals surface area contributed by atoms with Gasteiger partial charge in [-0.05, 0) is 25.1 Å². The van der Waals surface area contributed by atoms with Gasteiger partial charge >= 0.3 is 5.97 Å². The summed E-state index contributed by atoms with van der Waals surface area (Å²) in [5.74, 6) is -3.48. The van der Waals surface area contributed by atoms with Crippen LogP contribution in [0.1, 0.15) is 36.1 Å². The molecule has 32 heavy (non-hydrogen) atoms. The fourth-order valence-electron chi connectivity index (χ4n) is 3.95. The summed E-state index contributed by atoms with van der Waals surface area (Å²) in [5.41, 5.74) is -0.0702. The van der Waals surface area contributed by atoms with Gasteiger partial charge in [0, 0.05) is 43.8 Å². The van der Waals surface area contributed by atoms with Crippen molar-refractivity contribution in [3.05, 3.63) is 52.3 Å². The van der Waals surface area contributed by atoms with Crippen LogP contribution in [0.4, 0.5) is 24.7 Å². The van der Waals surface area contributed by atoms with Crippen molar-refractivity contribution < 1.29 is 23.1 Å². The number of allylic oxidation sites excluding steroid dienone is 1. The quantitative estimate of drug-likeness (QED) is 0.724. The molecule has 0 saturated carbocycles. The van der Waals surface area contributed by atoms with Gasteiger partial charge in [-0.15, -0.1) is 0 Å². The van der Waals surface area contributed by atoms with Crippen LogP contribution in [0, 0.1) is 0 Å². The molecule has 4 heterocycles. The fourth-order valence-corrected chi connectivity index (χ4v) is 3.95. The Balaban J connectivity index is 1.67. The van der Waals surface area contributed by atoms with Crippen molar-refractivity contribution in [1.29, 1.82) is 0 Å². The molecule has 0 aliphatic carbocycles. The third-order valence-electron chi connectivity index (χ3n) is 5.64. The number of aromatic nitrogens is 3. The number of hydrogen-bond acceptors (Lipinski definition) is 6. The number of piperidine rings is 1. The Labute approximate surface area is 181 Å². The van der Waals surface area contributed by atoms with Crippen molar-refractivity contribution in [2.24, 2.45) is 0 Å². The van der Waals surface area contributed by atoms with E-state index in [2.05, 4.69) is 15.3 Å². The largest absolute Gasteiger partial charge is 0.476 e. The number of carboxylic acid groups (broad SMARTS) is 1. The van der Waals surface area contributed by atoms with Gasteiger partial charge in [-0.25, -0.2) is 27.9 Å². The van der Waals surface area contributed by atoms with Gasteiger partial charge in [0.05, 0.1) is 18.3 Å². The van der Waals surface area contributed by atoms with Crippen molar-refractivity contribution in [3.8, 4) is 0 Å². The average Bonchev–Trinajstić information content (AvgIpc) is 2.74. The highest BCUT2D eigenvalue weighted by Gasteiger charge is 2.35. The van der Waals surface area contributed by atoms with Crippen molar-refractivity contribution in [1.82, 2.24) is 14.5 Å². The number of carboxylic acids is 1. The highest BCUT2D eigenvalue weighted by atomic mass is 19.3. The molecule has 2 unspecified atom stereocenters. The van der Waals surface area contributed by atoms with Crippen LogP contribution < -0.4 is 15.8 Å². The summed E-state index contributed by atoms with van der Waals surface area (Å²) in [5, 5.41) is 12.4. The number of pyridine rings is 1. The predicted molar refractivity (Wildman–Crippen MR) is 112 cm³/mol. The second-order valence-corrected chi connectivity index (χ2v) is 7.94. The first kappa shape index (κ1) is 21.8. The first-order valence-corrected chi connectivity index (χ1v) is 10.2. The standard InChI is InChI=1S/C21H22F3N5O3/c1-12(26-15-3-2-6-25-18(15)20(31)32)14-9-13(22)11-29-17(30)10-16(27-19(14)29)28-7-4-21(23,24)5-8-28/h2-3,6,9-10,12-13,26H,4-5,7-8,11H2,1H3,(H,31,32). The van der Waals surface area contributed by atoms with Gasteiger partial charge in [0.2, 0.25) is 0 Å². The highest BCUT2D eigenvalue weighted by molar-refractivity contribution is 5.92. The molecule has 2 aromatic rings. The molecule has 2 atom stereocenters. The summed E-state index contributed by atoms with van der Waals surface area (Å²) in [6, 6.07) is 3.73. The summed E-state index contributed by atoms with van der Waals surface area (Å²) in [7, 11) is 0. The van der Waals surface area contributed by atoms with Gasteiger partial charge in [0.1, 0.15) is 17.8 Å². The van der Waals surface area contributed by atoms with Gasteiger partial charge in [0.15, 0.2) is 5.69 Å². The van der Waals surface area contributed by atoms with Crippen LogP contribution in [0.2, 0.25) is 0 Å². The lowest BCUT2D eigenvalue weighted by Crippen LogP contribution is -2.41. The first-order valence-electron chi connectivity index (χ1n) is 10.2. The minimum atomic E-state index is -2.74. The van der Waals surface area contributed by atoms with E-state index < -0.39 is 29.7 Å². The van der Waals surface area contributed by atoms with Crippen LogP contribution in [0.25, 0.3) is 5.57 Å². The number of anilines is 2. The lowest BCUT2D eigenvalue weighted by molar-refractivity contribution is -0.0221.